The zero-order chi connectivity index (χ0) is 15.4. The first-order chi connectivity index (χ1) is 10.7. The Morgan fingerprint density at radius 2 is 2.18 bits per heavy atom. The molecule has 5 nitrogen and oxygen atoms in total. The summed E-state index contributed by atoms with van der Waals surface area (Å²) in [6.45, 7) is 2.01. The minimum absolute atomic E-state index is 0.185. The fourth-order valence-electron chi connectivity index (χ4n) is 2.58. The highest BCUT2D eigenvalue weighted by Crippen LogP contribution is 2.25. The van der Waals surface area contributed by atoms with E-state index in [1.165, 1.54) is 6.07 Å². The second-order valence-electron chi connectivity index (χ2n) is 5.36. The number of hydrogen-bond donors (Lipinski definition) is 2. The number of nitrogens with zero attached hydrogens (tertiary/aromatic N) is 2. The molecule has 2 heterocycles. The zero-order valence-electron chi connectivity index (χ0n) is 12.3. The van der Waals surface area contributed by atoms with E-state index in [2.05, 4.69) is 15.3 Å². The molecule has 0 spiro atoms. The molecule has 3 N–H and O–H groups in total. The van der Waals surface area contributed by atoms with Gasteiger partial charge in [0.15, 0.2) is 0 Å². The maximum Gasteiger partial charge on any atom is 0.222 e. The van der Waals surface area contributed by atoms with Crippen LogP contribution in [0.15, 0.2) is 30.3 Å². The fraction of sp³-hybridized carbons (Fsp3) is 0.375. The summed E-state index contributed by atoms with van der Waals surface area (Å²) in [4.78, 5) is 8.46. The van der Waals surface area contributed by atoms with Crippen molar-refractivity contribution in [3.8, 4) is 0 Å². The number of nitrogens with one attached hydrogen (secondary N) is 1. The van der Waals surface area contributed by atoms with E-state index in [9.17, 15) is 4.39 Å². The molecule has 2 aromatic rings. The van der Waals surface area contributed by atoms with Crippen LogP contribution in [0, 0.1) is 5.82 Å². The maximum absolute atomic E-state index is 13.6. The minimum Gasteiger partial charge on any atom is -0.381 e. The standard InChI is InChI=1S/C16H19FN4O/c17-13-4-2-1-3-11(13)5-7-19-15-9-14(20-16(18)21-15)12-6-8-22-10-12/h1-4,9,12H,5-8,10H2,(H3,18,19,20,21)/t12-/m1/s1. The highest BCUT2D eigenvalue weighted by atomic mass is 19.1. The molecule has 1 aromatic heterocycles. The summed E-state index contributed by atoms with van der Waals surface area (Å²) in [6, 6.07) is 8.67. The van der Waals surface area contributed by atoms with Gasteiger partial charge in [0.25, 0.3) is 0 Å². The monoisotopic (exact) mass is 302 g/mol. The lowest BCUT2D eigenvalue weighted by Gasteiger charge is -2.11. The Bertz CT molecular complexity index is 644. The molecule has 1 atom stereocenters. The molecule has 0 saturated carbocycles. The summed E-state index contributed by atoms with van der Waals surface area (Å²) in [5, 5.41) is 3.19. The van der Waals surface area contributed by atoms with Crippen LogP contribution >= 0.6 is 0 Å². The lowest BCUT2D eigenvalue weighted by atomic mass is 10.0. The summed E-state index contributed by atoms with van der Waals surface area (Å²) >= 11 is 0. The van der Waals surface area contributed by atoms with Gasteiger partial charge >= 0.3 is 0 Å². The van der Waals surface area contributed by atoms with Gasteiger partial charge in [-0.15, -0.1) is 0 Å². The van der Waals surface area contributed by atoms with Crippen molar-refractivity contribution in [2.75, 3.05) is 30.8 Å². The number of rotatable bonds is 5. The lowest BCUT2D eigenvalue weighted by Crippen LogP contribution is -2.11. The first kappa shape index (κ1) is 14.7. The predicted molar refractivity (Wildman–Crippen MR) is 83.2 cm³/mol. The van der Waals surface area contributed by atoms with Gasteiger partial charge in [-0.25, -0.2) is 9.37 Å². The van der Waals surface area contributed by atoms with E-state index in [-0.39, 0.29) is 17.7 Å². The largest absolute Gasteiger partial charge is 0.381 e. The summed E-state index contributed by atoms with van der Waals surface area (Å²) in [6.07, 6.45) is 1.53. The van der Waals surface area contributed by atoms with Crippen molar-refractivity contribution in [3.05, 3.63) is 47.4 Å². The minimum atomic E-state index is -0.185. The van der Waals surface area contributed by atoms with Gasteiger partial charge in [-0.05, 0) is 24.5 Å². The van der Waals surface area contributed by atoms with Crippen LogP contribution in [0.3, 0.4) is 0 Å². The number of nitrogen functional groups attached to an aromatic ring is 1. The highest BCUT2D eigenvalue weighted by molar-refractivity contribution is 5.41. The summed E-state index contributed by atoms with van der Waals surface area (Å²) < 4.78 is 18.9. The van der Waals surface area contributed by atoms with Gasteiger partial charge in [0.2, 0.25) is 5.95 Å². The molecular weight excluding hydrogens is 283 g/mol. The van der Waals surface area contributed by atoms with Crippen LogP contribution < -0.4 is 11.1 Å². The van der Waals surface area contributed by atoms with Crippen molar-refractivity contribution < 1.29 is 9.13 Å². The van der Waals surface area contributed by atoms with Crippen molar-refractivity contribution in [3.63, 3.8) is 0 Å². The average Bonchev–Trinajstić information content (AvgIpc) is 3.03. The SMILES string of the molecule is Nc1nc(NCCc2ccccc2F)cc([C@@H]2CCOC2)n1. The molecule has 0 bridgehead atoms. The molecule has 1 saturated heterocycles. The lowest BCUT2D eigenvalue weighted by molar-refractivity contribution is 0.193. The quantitative estimate of drug-likeness (QED) is 0.887. The molecule has 1 aliphatic heterocycles. The van der Waals surface area contributed by atoms with Crippen molar-refractivity contribution >= 4 is 11.8 Å². The molecule has 0 aliphatic carbocycles. The second kappa shape index (κ2) is 6.70. The fourth-order valence-corrected chi connectivity index (χ4v) is 2.58. The van der Waals surface area contributed by atoms with E-state index in [1.54, 1.807) is 12.1 Å². The Morgan fingerprint density at radius 3 is 2.95 bits per heavy atom. The third-order valence-electron chi connectivity index (χ3n) is 3.77. The molecule has 6 heteroatoms. The molecule has 22 heavy (non-hydrogen) atoms. The third kappa shape index (κ3) is 3.51. The molecule has 1 fully saturated rings. The summed E-state index contributed by atoms with van der Waals surface area (Å²) in [7, 11) is 0. The third-order valence-corrected chi connectivity index (χ3v) is 3.77. The van der Waals surface area contributed by atoms with E-state index in [0.717, 1.165) is 18.7 Å². The molecule has 0 radical (unpaired) electrons. The Hall–Kier alpha value is -2.21. The van der Waals surface area contributed by atoms with Gasteiger partial charge in [0.1, 0.15) is 11.6 Å². The van der Waals surface area contributed by atoms with E-state index >= 15 is 0 Å². The second-order valence-corrected chi connectivity index (χ2v) is 5.36. The van der Waals surface area contributed by atoms with Crippen molar-refractivity contribution in [1.29, 1.82) is 0 Å². The van der Waals surface area contributed by atoms with E-state index in [0.29, 0.717) is 31.0 Å². The number of anilines is 2. The molecule has 1 aromatic carbocycles. The molecule has 0 unspecified atom stereocenters. The van der Waals surface area contributed by atoms with Gasteiger partial charge in [0, 0.05) is 25.1 Å². The van der Waals surface area contributed by atoms with Crippen molar-refractivity contribution in [2.45, 2.75) is 18.8 Å². The summed E-state index contributed by atoms with van der Waals surface area (Å²) in [5.41, 5.74) is 7.35. The van der Waals surface area contributed by atoms with E-state index in [4.69, 9.17) is 10.5 Å². The zero-order valence-corrected chi connectivity index (χ0v) is 12.3. The van der Waals surface area contributed by atoms with Gasteiger partial charge < -0.3 is 15.8 Å². The smallest absolute Gasteiger partial charge is 0.222 e. The molecular formula is C16H19FN4O. The Balaban J connectivity index is 1.63. The number of benzene rings is 1. The first-order valence-electron chi connectivity index (χ1n) is 7.42. The van der Waals surface area contributed by atoms with Crippen LogP contribution in [0.2, 0.25) is 0 Å². The molecule has 116 valence electrons. The van der Waals surface area contributed by atoms with Gasteiger partial charge in [0.05, 0.1) is 12.3 Å². The highest BCUT2D eigenvalue weighted by Gasteiger charge is 2.20. The van der Waals surface area contributed by atoms with Gasteiger partial charge in [-0.1, -0.05) is 18.2 Å². The maximum atomic E-state index is 13.6. The van der Waals surface area contributed by atoms with E-state index in [1.807, 2.05) is 12.1 Å². The van der Waals surface area contributed by atoms with Crippen LogP contribution in [-0.2, 0) is 11.2 Å². The molecule has 3 rings (SSSR count). The van der Waals surface area contributed by atoms with Crippen LogP contribution in [0.5, 0.6) is 0 Å². The molecule has 0 amide bonds. The number of hydrogen-bond acceptors (Lipinski definition) is 5. The topological polar surface area (TPSA) is 73.1 Å². The van der Waals surface area contributed by atoms with Crippen molar-refractivity contribution in [2.24, 2.45) is 0 Å². The molecule has 1 aliphatic rings. The van der Waals surface area contributed by atoms with Crippen molar-refractivity contribution in [1.82, 2.24) is 9.97 Å². The van der Waals surface area contributed by atoms with Gasteiger partial charge in [-0.3, -0.25) is 0 Å². The number of halogens is 1. The normalized spacial score (nSPS) is 17.6. The van der Waals surface area contributed by atoms with E-state index < -0.39 is 0 Å². The Labute approximate surface area is 128 Å². The Kier molecular flexibility index (Phi) is 4.48. The number of nitrogens with two attached hydrogens (primary N) is 1. The number of ether oxygens (including phenoxy) is 1. The average molecular weight is 302 g/mol. The first-order valence-corrected chi connectivity index (χ1v) is 7.42. The summed E-state index contributed by atoms with van der Waals surface area (Å²) in [5.74, 6) is 1.01. The predicted octanol–water partition coefficient (Wildman–Crippen LogP) is 2.36. The van der Waals surface area contributed by atoms with Crippen LogP contribution in [0.25, 0.3) is 0 Å². The number of aromatic nitrogens is 2. The van der Waals surface area contributed by atoms with Crippen LogP contribution in [-0.4, -0.2) is 29.7 Å². The van der Waals surface area contributed by atoms with Crippen LogP contribution in [0.1, 0.15) is 23.6 Å². The van der Waals surface area contributed by atoms with Crippen LogP contribution in [0.4, 0.5) is 16.2 Å². The Morgan fingerprint density at radius 1 is 1.32 bits per heavy atom. The van der Waals surface area contributed by atoms with Gasteiger partial charge in [-0.2, -0.15) is 4.98 Å².